The monoisotopic (exact) mass is 459 g/mol. The first kappa shape index (κ1) is 22.9. The van der Waals surface area contributed by atoms with Gasteiger partial charge in [0, 0.05) is 30.3 Å². The van der Waals surface area contributed by atoms with E-state index < -0.39 is 0 Å². The number of aryl methyl sites for hydroxylation is 1. The van der Waals surface area contributed by atoms with Gasteiger partial charge < -0.3 is 19.9 Å². The Morgan fingerprint density at radius 2 is 1.94 bits per heavy atom. The average Bonchev–Trinajstić information content (AvgIpc) is 3.17. The maximum absolute atomic E-state index is 12.9. The van der Waals surface area contributed by atoms with Gasteiger partial charge in [0.15, 0.2) is 0 Å². The van der Waals surface area contributed by atoms with Crippen LogP contribution in [0.3, 0.4) is 0 Å². The van der Waals surface area contributed by atoms with Crippen LogP contribution in [0.15, 0.2) is 57.9 Å². The zero-order valence-corrected chi connectivity index (χ0v) is 18.7. The normalized spacial score (nSPS) is 10.7. The van der Waals surface area contributed by atoms with Gasteiger partial charge in [-0.25, -0.2) is 0 Å². The quantitative estimate of drug-likeness (QED) is 0.360. The Hall–Kier alpha value is -2.81. The van der Waals surface area contributed by atoms with Gasteiger partial charge in [-0.05, 0) is 37.3 Å². The van der Waals surface area contributed by atoms with Gasteiger partial charge in [0.2, 0.25) is 0 Å². The van der Waals surface area contributed by atoms with Gasteiger partial charge in [-0.1, -0.05) is 28.9 Å². The minimum atomic E-state index is -0.302. The van der Waals surface area contributed by atoms with Crippen molar-refractivity contribution in [3.8, 4) is 0 Å². The summed E-state index contributed by atoms with van der Waals surface area (Å²) in [5.41, 5.74) is 2.17. The maximum atomic E-state index is 12.9. The minimum absolute atomic E-state index is 0.246. The largest absolute Gasteiger partial charge is 0.383 e. The first-order valence-electron chi connectivity index (χ1n) is 9.50. The van der Waals surface area contributed by atoms with E-state index in [2.05, 4.69) is 15.8 Å². The van der Waals surface area contributed by atoms with Crippen molar-refractivity contribution in [3.63, 3.8) is 0 Å². The summed E-state index contributed by atoms with van der Waals surface area (Å²) >= 11 is 7.74. The fourth-order valence-corrected chi connectivity index (χ4v) is 3.94. The van der Waals surface area contributed by atoms with E-state index in [4.69, 9.17) is 20.9 Å². The molecule has 0 atom stereocenters. The van der Waals surface area contributed by atoms with Crippen molar-refractivity contribution >= 4 is 40.9 Å². The smallest absolute Gasteiger partial charge is 0.256 e. The molecule has 2 aromatic carbocycles. The van der Waals surface area contributed by atoms with Crippen LogP contribution < -0.4 is 10.6 Å². The Kier molecular flexibility index (Phi) is 8.11. The molecule has 7 nitrogen and oxygen atoms in total. The van der Waals surface area contributed by atoms with Gasteiger partial charge in [-0.15, -0.1) is 11.8 Å². The molecule has 3 rings (SSSR count). The number of carbonyl (C=O) groups excluding carboxylic acids is 2. The van der Waals surface area contributed by atoms with E-state index >= 15 is 0 Å². The second kappa shape index (κ2) is 11.0. The minimum Gasteiger partial charge on any atom is -0.383 e. The third-order valence-corrected chi connectivity index (χ3v) is 5.65. The summed E-state index contributed by atoms with van der Waals surface area (Å²) in [4.78, 5) is 25.8. The van der Waals surface area contributed by atoms with E-state index in [-0.39, 0.29) is 16.8 Å². The molecule has 0 saturated carbocycles. The number of benzene rings is 2. The third-order valence-electron chi connectivity index (χ3n) is 4.24. The summed E-state index contributed by atoms with van der Waals surface area (Å²) in [5, 5.41) is 9.67. The molecule has 162 valence electrons. The number of hydrogen-bond acceptors (Lipinski definition) is 6. The van der Waals surface area contributed by atoms with Crippen molar-refractivity contribution in [1.29, 1.82) is 0 Å². The highest BCUT2D eigenvalue weighted by Crippen LogP contribution is 2.28. The zero-order chi connectivity index (χ0) is 22.2. The molecule has 0 aliphatic rings. The van der Waals surface area contributed by atoms with E-state index in [0.717, 1.165) is 16.3 Å². The molecule has 0 aliphatic heterocycles. The van der Waals surface area contributed by atoms with Gasteiger partial charge in [0.05, 0.1) is 34.2 Å². The number of carbonyl (C=O) groups is 2. The molecule has 2 amide bonds. The highest BCUT2D eigenvalue weighted by atomic mass is 35.5. The van der Waals surface area contributed by atoms with E-state index in [9.17, 15) is 9.59 Å². The Balaban J connectivity index is 1.67. The van der Waals surface area contributed by atoms with Crippen molar-refractivity contribution in [3.05, 3.63) is 76.1 Å². The first-order chi connectivity index (χ1) is 15.0. The molecule has 9 heteroatoms. The van der Waals surface area contributed by atoms with Crippen LogP contribution in [0.1, 0.15) is 32.2 Å². The van der Waals surface area contributed by atoms with Crippen LogP contribution in [0.2, 0.25) is 5.02 Å². The predicted octanol–water partition coefficient (Wildman–Crippen LogP) is 4.56. The molecule has 2 N–H and O–H groups in total. The van der Waals surface area contributed by atoms with Crippen LogP contribution in [-0.2, 0) is 10.5 Å². The molecule has 0 aliphatic carbocycles. The van der Waals surface area contributed by atoms with Gasteiger partial charge in [-0.3, -0.25) is 9.59 Å². The number of nitrogens with zero attached hydrogens (tertiary/aromatic N) is 1. The fourth-order valence-electron chi connectivity index (χ4n) is 2.75. The molecular weight excluding hydrogens is 438 g/mol. The lowest BCUT2D eigenvalue weighted by atomic mass is 10.1. The van der Waals surface area contributed by atoms with Crippen molar-refractivity contribution in [2.75, 3.05) is 25.6 Å². The topological polar surface area (TPSA) is 93.5 Å². The molecule has 31 heavy (non-hydrogen) atoms. The molecule has 0 saturated heterocycles. The number of hydrogen-bond donors (Lipinski definition) is 2. The Morgan fingerprint density at radius 3 is 2.65 bits per heavy atom. The number of thioether (sulfide) groups is 1. The lowest BCUT2D eigenvalue weighted by Gasteiger charge is -2.11. The molecule has 0 bridgehead atoms. The summed E-state index contributed by atoms with van der Waals surface area (Å²) in [6, 6.07) is 13.9. The number of ether oxygens (including phenoxy) is 1. The number of aromatic nitrogens is 1. The van der Waals surface area contributed by atoms with Crippen molar-refractivity contribution in [1.82, 2.24) is 10.5 Å². The second-order valence-corrected chi connectivity index (χ2v) is 8.04. The van der Waals surface area contributed by atoms with Crippen LogP contribution in [0.4, 0.5) is 5.69 Å². The maximum Gasteiger partial charge on any atom is 0.256 e. The number of halogens is 1. The molecule has 3 aromatic rings. The van der Waals surface area contributed by atoms with E-state index in [0.29, 0.717) is 35.7 Å². The summed E-state index contributed by atoms with van der Waals surface area (Å²) in [6.07, 6.45) is 0. The highest BCUT2D eigenvalue weighted by molar-refractivity contribution is 7.98. The van der Waals surface area contributed by atoms with Gasteiger partial charge in [0.25, 0.3) is 11.8 Å². The molecule has 0 unspecified atom stereocenters. The number of nitrogens with one attached hydrogen (secondary N) is 2. The van der Waals surface area contributed by atoms with Gasteiger partial charge in [0.1, 0.15) is 5.76 Å². The first-order valence-corrected chi connectivity index (χ1v) is 10.9. The lowest BCUT2D eigenvalue weighted by Crippen LogP contribution is -2.27. The Morgan fingerprint density at radius 1 is 1.13 bits per heavy atom. The Bertz CT molecular complexity index is 1070. The van der Waals surface area contributed by atoms with Gasteiger partial charge >= 0.3 is 0 Å². The molecule has 0 radical (unpaired) electrons. The molecular formula is C22H22ClN3O4S. The molecule has 0 spiro atoms. The van der Waals surface area contributed by atoms with Crippen LogP contribution in [0.25, 0.3) is 0 Å². The van der Waals surface area contributed by atoms with E-state index in [1.54, 1.807) is 37.4 Å². The lowest BCUT2D eigenvalue weighted by molar-refractivity contribution is 0.0936. The van der Waals surface area contributed by atoms with Crippen LogP contribution in [0.5, 0.6) is 0 Å². The standard InChI is InChI=1S/C22H22ClN3O4S/c1-14-11-16(30-26-14)13-31-20-6-4-3-5-18(20)22(28)25-15-7-8-17(19(23)12-15)21(27)24-9-10-29-2/h3-8,11-12H,9-10,13H2,1-2H3,(H,24,27)(H,25,28). The summed E-state index contributed by atoms with van der Waals surface area (Å²) < 4.78 is 10.1. The van der Waals surface area contributed by atoms with Crippen molar-refractivity contribution < 1.29 is 18.8 Å². The Labute approximate surface area is 189 Å². The summed E-state index contributed by atoms with van der Waals surface area (Å²) in [7, 11) is 1.56. The zero-order valence-electron chi connectivity index (χ0n) is 17.1. The highest BCUT2D eigenvalue weighted by Gasteiger charge is 2.15. The number of rotatable bonds is 9. The number of amides is 2. The average molecular weight is 460 g/mol. The van der Waals surface area contributed by atoms with Crippen LogP contribution in [0, 0.1) is 6.92 Å². The number of anilines is 1. The van der Waals surface area contributed by atoms with Crippen molar-refractivity contribution in [2.45, 2.75) is 17.6 Å². The third kappa shape index (κ3) is 6.33. The predicted molar refractivity (Wildman–Crippen MR) is 121 cm³/mol. The van der Waals surface area contributed by atoms with Crippen LogP contribution >= 0.6 is 23.4 Å². The number of methoxy groups -OCH3 is 1. The SMILES string of the molecule is COCCNC(=O)c1ccc(NC(=O)c2ccccc2SCc2cc(C)no2)cc1Cl. The van der Waals surface area contributed by atoms with E-state index in [1.165, 1.54) is 11.8 Å². The molecule has 0 fully saturated rings. The molecule has 1 heterocycles. The molecule has 1 aromatic heterocycles. The summed E-state index contributed by atoms with van der Waals surface area (Å²) in [6.45, 7) is 2.65. The second-order valence-electron chi connectivity index (χ2n) is 6.62. The fraction of sp³-hybridized carbons (Fsp3) is 0.227. The summed E-state index contributed by atoms with van der Waals surface area (Å²) in [5.74, 6) is 0.725. The van der Waals surface area contributed by atoms with Crippen LogP contribution in [-0.4, -0.2) is 37.2 Å². The van der Waals surface area contributed by atoms with Gasteiger partial charge in [-0.2, -0.15) is 0 Å². The van der Waals surface area contributed by atoms with Crippen molar-refractivity contribution in [2.24, 2.45) is 0 Å². The van der Waals surface area contributed by atoms with E-state index in [1.807, 2.05) is 25.1 Å².